The van der Waals surface area contributed by atoms with Crippen LogP contribution in [0.3, 0.4) is 0 Å². The van der Waals surface area contributed by atoms with Crippen LogP contribution in [0.5, 0.6) is 0 Å². The number of nitrogens with zero attached hydrogens (tertiary/aromatic N) is 1. The zero-order valence-electron chi connectivity index (χ0n) is 11.9. The van der Waals surface area contributed by atoms with Crippen molar-refractivity contribution < 1.29 is 9.53 Å². The second-order valence-corrected chi connectivity index (χ2v) is 6.49. The summed E-state index contributed by atoms with van der Waals surface area (Å²) >= 11 is 0. The maximum absolute atomic E-state index is 12.7. The number of piperidine rings is 1. The number of carbonyl (C=O) groups excluding carboxylic acids is 1. The molecule has 3 fully saturated rings. The van der Waals surface area contributed by atoms with Gasteiger partial charge in [0.1, 0.15) is 0 Å². The summed E-state index contributed by atoms with van der Waals surface area (Å²) in [5.74, 6) is 2.25. The van der Waals surface area contributed by atoms with Crippen LogP contribution in [0.25, 0.3) is 0 Å². The van der Waals surface area contributed by atoms with Gasteiger partial charge in [-0.15, -0.1) is 0 Å². The molecule has 0 spiro atoms. The van der Waals surface area contributed by atoms with Crippen LogP contribution in [0.2, 0.25) is 0 Å². The van der Waals surface area contributed by atoms with Gasteiger partial charge in [-0.3, -0.25) is 4.79 Å². The molecule has 0 aromatic carbocycles. The zero-order valence-corrected chi connectivity index (χ0v) is 11.9. The van der Waals surface area contributed by atoms with Gasteiger partial charge in [0.15, 0.2) is 0 Å². The second kappa shape index (κ2) is 5.80. The Morgan fingerprint density at radius 1 is 1.32 bits per heavy atom. The van der Waals surface area contributed by atoms with Gasteiger partial charge in [-0.05, 0) is 50.0 Å². The summed E-state index contributed by atoms with van der Waals surface area (Å²) in [6.45, 7) is 3.67. The molecule has 3 aliphatic rings. The number of hydrogen-bond acceptors (Lipinski definition) is 3. The Morgan fingerprint density at radius 2 is 2.21 bits per heavy atom. The van der Waals surface area contributed by atoms with Crippen molar-refractivity contribution >= 4 is 5.91 Å². The van der Waals surface area contributed by atoms with Gasteiger partial charge < -0.3 is 15.0 Å². The van der Waals surface area contributed by atoms with E-state index in [1.54, 1.807) is 7.11 Å². The predicted octanol–water partition coefficient (Wildman–Crippen LogP) is 1.26. The average Bonchev–Trinajstić information content (AvgIpc) is 3.01. The van der Waals surface area contributed by atoms with Crippen molar-refractivity contribution in [1.82, 2.24) is 10.2 Å². The third-order valence-corrected chi connectivity index (χ3v) is 5.25. The van der Waals surface area contributed by atoms with Crippen LogP contribution in [0.1, 0.15) is 32.1 Å². The minimum absolute atomic E-state index is 0.105. The quantitative estimate of drug-likeness (QED) is 0.836. The maximum atomic E-state index is 12.7. The van der Waals surface area contributed by atoms with E-state index in [0.29, 0.717) is 17.7 Å². The van der Waals surface area contributed by atoms with Crippen LogP contribution in [-0.2, 0) is 9.53 Å². The number of fused-ring (bicyclic) bond motifs is 1. The lowest BCUT2D eigenvalue weighted by Crippen LogP contribution is -2.50. The Labute approximate surface area is 115 Å². The predicted molar refractivity (Wildman–Crippen MR) is 73.8 cm³/mol. The molecule has 4 unspecified atom stereocenters. The molecule has 3 rings (SSSR count). The molecule has 108 valence electrons. The molecule has 0 aromatic heterocycles. The number of carbonyl (C=O) groups is 1. The highest BCUT2D eigenvalue weighted by Crippen LogP contribution is 2.38. The molecule has 0 aromatic rings. The van der Waals surface area contributed by atoms with E-state index in [9.17, 15) is 4.79 Å². The number of rotatable bonds is 3. The molecule has 1 N–H and O–H groups in total. The molecule has 1 amide bonds. The highest BCUT2D eigenvalue weighted by atomic mass is 16.5. The van der Waals surface area contributed by atoms with Gasteiger partial charge in [0.25, 0.3) is 0 Å². The van der Waals surface area contributed by atoms with E-state index in [2.05, 4.69) is 10.2 Å². The fourth-order valence-electron chi connectivity index (χ4n) is 4.29. The van der Waals surface area contributed by atoms with Crippen molar-refractivity contribution in [2.24, 2.45) is 17.8 Å². The monoisotopic (exact) mass is 266 g/mol. The number of amides is 1. The fourth-order valence-corrected chi connectivity index (χ4v) is 4.29. The van der Waals surface area contributed by atoms with Gasteiger partial charge in [0.05, 0.1) is 12.6 Å². The molecule has 1 saturated carbocycles. The number of methoxy groups -OCH3 is 1. The second-order valence-electron chi connectivity index (χ2n) is 6.49. The van der Waals surface area contributed by atoms with E-state index in [1.807, 2.05) is 0 Å². The van der Waals surface area contributed by atoms with E-state index in [-0.39, 0.29) is 6.04 Å². The number of likely N-dealkylation sites (tertiary alicyclic amines) is 1. The Balaban J connectivity index is 1.60. The molecule has 1 aliphatic carbocycles. The molecule has 2 saturated heterocycles. The molecule has 0 radical (unpaired) electrons. The normalized spacial score (nSPS) is 38.5. The zero-order chi connectivity index (χ0) is 13.2. The smallest absolute Gasteiger partial charge is 0.240 e. The molecule has 4 nitrogen and oxygen atoms in total. The van der Waals surface area contributed by atoms with E-state index in [0.717, 1.165) is 38.6 Å². The molecule has 2 heterocycles. The SMILES string of the molecule is COCC1CCCN(C(=O)C2NCC3CCCC32)C1. The molecular formula is C15H26N2O2. The summed E-state index contributed by atoms with van der Waals surface area (Å²) in [5, 5.41) is 3.48. The Morgan fingerprint density at radius 3 is 3.05 bits per heavy atom. The van der Waals surface area contributed by atoms with Crippen LogP contribution < -0.4 is 5.32 Å². The Bertz CT molecular complexity index is 332. The average molecular weight is 266 g/mol. The first-order valence-electron chi connectivity index (χ1n) is 7.80. The Kier molecular flexibility index (Phi) is 4.08. The summed E-state index contributed by atoms with van der Waals surface area (Å²) in [6.07, 6.45) is 6.19. The topological polar surface area (TPSA) is 41.6 Å². The first kappa shape index (κ1) is 13.4. The molecule has 0 bridgehead atoms. The largest absolute Gasteiger partial charge is 0.384 e. The number of ether oxygens (including phenoxy) is 1. The summed E-state index contributed by atoms with van der Waals surface area (Å²) < 4.78 is 5.25. The van der Waals surface area contributed by atoms with Gasteiger partial charge in [-0.1, -0.05) is 6.42 Å². The molecule has 19 heavy (non-hydrogen) atoms. The van der Waals surface area contributed by atoms with E-state index >= 15 is 0 Å². The van der Waals surface area contributed by atoms with Crippen LogP contribution in [0, 0.1) is 17.8 Å². The standard InChI is InChI=1S/C15H26N2O2/c1-19-10-11-4-3-7-17(9-11)15(18)14-13-6-2-5-12(13)8-16-14/h11-14,16H,2-10H2,1H3. The van der Waals surface area contributed by atoms with Crippen LogP contribution in [0.4, 0.5) is 0 Å². The minimum atomic E-state index is 0.105. The maximum Gasteiger partial charge on any atom is 0.240 e. The lowest BCUT2D eigenvalue weighted by atomic mass is 9.92. The molecule has 2 aliphatic heterocycles. The summed E-state index contributed by atoms with van der Waals surface area (Å²) in [5.41, 5.74) is 0. The van der Waals surface area contributed by atoms with E-state index < -0.39 is 0 Å². The van der Waals surface area contributed by atoms with Crippen LogP contribution in [0.15, 0.2) is 0 Å². The van der Waals surface area contributed by atoms with Crippen LogP contribution >= 0.6 is 0 Å². The van der Waals surface area contributed by atoms with Crippen molar-refractivity contribution in [3.05, 3.63) is 0 Å². The number of hydrogen-bond donors (Lipinski definition) is 1. The van der Waals surface area contributed by atoms with Gasteiger partial charge >= 0.3 is 0 Å². The third kappa shape index (κ3) is 2.65. The highest BCUT2D eigenvalue weighted by Gasteiger charge is 2.44. The van der Waals surface area contributed by atoms with Gasteiger partial charge in [-0.2, -0.15) is 0 Å². The van der Waals surface area contributed by atoms with E-state index in [4.69, 9.17) is 4.74 Å². The molecule has 4 heteroatoms. The molecule has 4 atom stereocenters. The van der Waals surface area contributed by atoms with Crippen molar-refractivity contribution in [3.63, 3.8) is 0 Å². The van der Waals surface area contributed by atoms with Crippen molar-refractivity contribution in [1.29, 1.82) is 0 Å². The van der Waals surface area contributed by atoms with Gasteiger partial charge in [-0.25, -0.2) is 0 Å². The number of nitrogens with one attached hydrogen (secondary N) is 1. The minimum Gasteiger partial charge on any atom is -0.384 e. The van der Waals surface area contributed by atoms with Crippen molar-refractivity contribution in [2.45, 2.75) is 38.1 Å². The first-order valence-corrected chi connectivity index (χ1v) is 7.80. The lowest BCUT2D eigenvalue weighted by Gasteiger charge is -2.35. The van der Waals surface area contributed by atoms with Crippen molar-refractivity contribution in [3.8, 4) is 0 Å². The van der Waals surface area contributed by atoms with Gasteiger partial charge in [0.2, 0.25) is 5.91 Å². The third-order valence-electron chi connectivity index (χ3n) is 5.25. The van der Waals surface area contributed by atoms with Crippen molar-refractivity contribution in [2.75, 3.05) is 33.4 Å². The highest BCUT2D eigenvalue weighted by molar-refractivity contribution is 5.82. The fraction of sp³-hybridized carbons (Fsp3) is 0.933. The summed E-state index contributed by atoms with van der Waals surface area (Å²) in [7, 11) is 1.75. The molecular weight excluding hydrogens is 240 g/mol. The summed E-state index contributed by atoms with van der Waals surface area (Å²) in [4.78, 5) is 14.8. The van der Waals surface area contributed by atoms with Gasteiger partial charge in [0, 0.05) is 20.2 Å². The van der Waals surface area contributed by atoms with E-state index in [1.165, 1.54) is 25.7 Å². The lowest BCUT2D eigenvalue weighted by molar-refractivity contribution is -0.136. The first-order chi connectivity index (χ1) is 9.29. The van der Waals surface area contributed by atoms with Crippen LogP contribution in [-0.4, -0.2) is 50.2 Å². The Hall–Kier alpha value is -0.610. The summed E-state index contributed by atoms with van der Waals surface area (Å²) in [6, 6.07) is 0.105.